The van der Waals surface area contributed by atoms with Crippen molar-refractivity contribution >= 4 is 22.6 Å². The van der Waals surface area contributed by atoms with Crippen molar-refractivity contribution in [1.82, 2.24) is 19.3 Å². The number of halogens is 1. The Hall–Kier alpha value is -2.32. The molecule has 0 radical (unpaired) electrons. The number of imidazole rings is 1. The van der Waals surface area contributed by atoms with Gasteiger partial charge in [0, 0.05) is 13.2 Å². The van der Waals surface area contributed by atoms with Crippen LogP contribution >= 0.6 is 11.6 Å². The van der Waals surface area contributed by atoms with Crippen LogP contribution in [0.2, 0.25) is 0 Å². The molecule has 106 valence electrons. The van der Waals surface area contributed by atoms with Crippen LogP contribution in [0.5, 0.6) is 0 Å². The molecule has 0 fully saturated rings. The van der Waals surface area contributed by atoms with Gasteiger partial charge in [-0.2, -0.15) is 10.4 Å². The molecule has 0 saturated carbocycles. The number of aryl methyl sites for hydroxylation is 1. The van der Waals surface area contributed by atoms with E-state index in [9.17, 15) is 0 Å². The molecular formula is C15H14ClN5. The second-order valence-electron chi connectivity index (χ2n) is 4.97. The summed E-state index contributed by atoms with van der Waals surface area (Å²) in [4.78, 5) is 4.58. The molecule has 0 N–H and O–H groups in total. The lowest BCUT2D eigenvalue weighted by atomic mass is 10.2. The third-order valence-electron chi connectivity index (χ3n) is 3.35. The number of benzene rings is 1. The summed E-state index contributed by atoms with van der Waals surface area (Å²) < 4.78 is 3.79. The van der Waals surface area contributed by atoms with Crippen LogP contribution in [0.1, 0.15) is 29.4 Å². The van der Waals surface area contributed by atoms with Crippen molar-refractivity contribution in [3.8, 4) is 6.07 Å². The second kappa shape index (κ2) is 5.23. The highest BCUT2D eigenvalue weighted by molar-refractivity contribution is 6.20. The first-order valence-electron chi connectivity index (χ1n) is 6.61. The van der Waals surface area contributed by atoms with Crippen LogP contribution in [0.15, 0.2) is 30.5 Å². The summed E-state index contributed by atoms with van der Waals surface area (Å²) in [5, 5.41) is 13.3. The van der Waals surface area contributed by atoms with E-state index in [1.54, 1.807) is 10.7 Å². The van der Waals surface area contributed by atoms with Crippen LogP contribution in [0.3, 0.4) is 0 Å². The zero-order valence-electron chi connectivity index (χ0n) is 11.8. The van der Waals surface area contributed by atoms with E-state index in [0.717, 1.165) is 22.6 Å². The number of hydrogen-bond donors (Lipinski definition) is 0. The monoisotopic (exact) mass is 299 g/mol. The third-order valence-corrected chi connectivity index (χ3v) is 3.55. The predicted octanol–water partition coefficient (Wildman–Crippen LogP) is 2.99. The van der Waals surface area contributed by atoms with Crippen molar-refractivity contribution in [3.63, 3.8) is 0 Å². The molecule has 21 heavy (non-hydrogen) atoms. The smallest absolute Gasteiger partial charge is 0.128 e. The maximum absolute atomic E-state index is 9.08. The molecule has 0 aliphatic carbocycles. The number of hydrogen-bond acceptors (Lipinski definition) is 3. The van der Waals surface area contributed by atoms with Crippen LogP contribution in [0, 0.1) is 11.3 Å². The molecule has 5 nitrogen and oxygen atoms in total. The molecule has 1 atom stereocenters. The highest BCUT2D eigenvalue weighted by Crippen LogP contribution is 2.26. The summed E-state index contributed by atoms with van der Waals surface area (Å²) >= 11 is 6.25. The Bertz CT molecular complexity index is 837. The average Bonchev–Trinajstić information content (AvgIpc) is 3.03. The predicted molar refractivity (Wildman–Crippen MR) is 81.0 cm³/mol. The van der Waals surface area contributed by atoms with Gasteiger partial charge in [-0.25, -0.2) is 4.98 Å². The van der Waals surface area contributed by atoms with Gasteiger partial charge in [-0.3, -0.25) is 4.68 Å². The standard InChI is InChI=1S/C15H14ClN5/c1-10(16)15-18-13-4-3-11(8-17)7-14(13)21(15)9-12-5-6-20(2)19-12/h3-7,10H,9H2,1-2H3. The summed E-state index contributed by atoms with van der Waals surface area (Å²) in [5.41, 5.74) is 3.28. The van der Waals surface area contributed by atoms with E-state index >= 15 is 0 Å². The van der Waals surface area contributed by atoms with Crippen LogP contribution in [-0.2, 0) is 13.6 Å². The Morgan fingerprint density at radius 2 is 2.19 bits per heavy atom. The number of fused-ring (bicyclic) bond motifs is 1. The van der Waals surface area contributed by atoms with E-state index in [4.69, 9.17) is 16.9 Å². The maximum Gasteiger partial charge on any atom is 0.128 e. The Labute approximate surface area is 127 Å². The quantitative estimate of drug-likeness (QED) is 0.699. The Morgan fingerprint density at radius 3 is 2.81 bits per heavy atom. The van der Waals surface area contributed by atoms with E-state index in [1.165, 1.54) is 0 Å². The Kier molecular flexibility index (Phi) is 3.40. The van der Waals surface area contributed by atoms with E-state index in [2.05, 4.69) is 16.2 Å². The van der Waals surface area contributed by atoms with Crippen molar-refractivity contribution in [2.75, 3.05) is 0 Å². The lowest BCUT2D eigenvalue weighted by Crippen LogP contribution is -2.06. The van der Waals surface area contributed by atoms with E-state index in [1.807, 2.05) is 42.9 Å². The highest BCUT2D eigenvalue weighted by Gasteiger charge is 2.16. The van der Waals surface area contributed by atoms with E-state index in [0.29, 0.717) is 12.1 Å². The minimum Gasteiger partial charge on any atom is -0.321 e. The summed E-state index contributed by atoms with van der Waals surface area (Å²) in [5.74, 6) is 0.785. The first-order valence-corrected chi connectivity index (χ1v) is 7.05. The molecule has 0 aliphatic heterocycles. The molecule has 0 amide bonds. The molecule has 0 spiro atoms. The van der Waals surface area contributed by atoms with Gasteiger partial charge in [0.15, 0.2) is 0 Å². The Balaban J connectivity index is 2.17. The minimum absolute atomic E-state index is 0.216. The van der Waals surface area contributed by atoms with Gasteiger partial charge in [-0.1, -0.05) is 0 Å². The largest absolute Gasteiger partial charge is 0.321 e. The summed E-state index contributed by atoms with van der Waals surface area (Å²) in [6.45, 7) is 2.47. The lowest BCUT2D eigenvalue weighted by Gasteiger charge is -2.09. The first kappa shape index (κ1) is 13.7. The van der Waals surface area contributed by atoms with Gasteiger partial charge in [0.2, 0.25) is 0 Å². The molecule has 0 saturated heterocycles. The minimum atomic E-state index is -0.216. The molecule has 3 aromatic rings. The topological polar surface area (TPSA) is 59.4 Å². The fraction of sp³-hybridized carbons (Fsp3) is 0.267. The van der Waals surface area contributed by atoms with E-state index < -0.39 is 0 Å². The van der Waals surface area contributed by atoms with Crippen LogP contribution in [-0.4, -0.2) is 19.3 Å². The van der Waals surface area contributed by atoms with Gasteiger partial charge in [-0.05, 0) is 31.2 Å². The van der Waals surface area contributed by atoms with Gasteiger partial charge in [0.25, 0.3) is 0 Å². The SMILES string of the molecule is CC(Cl)c1nc2ccc(C#N)cc2n1Cc1ccn(C)n1. The van der Waals surface area contributed by atoms with Gasteiger partial charge in [0.05, 0.1) is 40.3 Å². The molecule has 3 rings (SSSR count). The normalized spacial score (nSPS) is 12.5. The van der Waals surface area contributed by atoms with Crippen molar-refractivity contribution in [1.29, 1.82) is 5.26 Å². The fourth-order valence-corrected chi connectivity index (χ4v) is 2.56. The van der Waals surface area contributed by atoms with Crippen molar-refractivity contribution in [2.24, 2.45) is 7.05 Å². The molecule has 0 aliphatic rings. The maximum atomic E-state index is 9.08. The van der Waals surface area contributed by atoms with Gasteiger partial charge in [-0.15, -0.1) is 11.6 Å². The van der Waals surface area contributed by atoms with Gasteiger partial charge in [0.1, 0.15) is 5.82 Å². The number of alkyl halides is 1. The second-order valence-corrected chi connectivity index (χ2v) is 5.62. The molecular weight excluding hydrogens is 286 g/mol. The first-order chi connectivity index (χ1) is 10.1. The van der Waals surface area contributed by atoms with Crippen LogP contribution in [0.4, 0.5) is 0 Å². The van der Waals surface area contributed by atoms with Crippen molar-refractivity contribution in [2.45, 2.75) is 18.8 Å². The summed E-state index contributed by atoms with van der Waals surface area (Å²) in [6, 6.07) is 9.58. The zero-order valence-corrected chi connectivity index (χ0v) is 12.5. The lowest BCUT2D eigenvalue weighted by molar-refractivity contribution is 0.689. The number of nitriles is 1. The van der Waals surface area contributed by atoms with E-state index in [-0.39, 0.29) is 5.38 Å². The highest BCUT2D eigenvalue weighted by atomic mass is 35.5. The number of aromatic nitrogens is 4. The zero-order chi connectivity index (χ0) is 15.0. The molecule has 6 heteroatoms. The Morgan fingerprint density at radius 1 is 1.38 bits per heavy atom. The number of rotatable bonds is 3. The third kappa shape index (κ3) is 2.50. The molecule has 1 aromatic carbocycles. The summed E-state index contributed by atoms with van der Waals surface area (Å²) in [6.07, 6.45) is 1.90. The van der Waals surface area contributed by atoms with Crippen molar-refractivity contribution in [3.05, 3.63) is 47.5 Å². The van der Waals surface area contributed by atoms with Crippen LogP contribution in [0.25, 0.3) is 11.0 Å². The van der Waals surface area contributed by atoms with Gasteiger partial charge < -0.3 is 4.57 Å². The average molecular weight is 300 g/mol. The molecule has 2 heterocycles. The molecule has 2 aromatic heterocycles. The fourth-order valence-electron chi connectivity index (χ4n) is 2.39. The molecule has 1 unspecified atom stereocenters. The van der Waals surface area contributed by atoms with Crippen molar-refractivity contribution < 1.29 is 0 Å². The molecule has 0 bridgehead atoms. The van der Waals surface area contributed by atoms with Gasteiger partial charge >= 0.3 is 0 Å². The van der Waals surface area contributed by atoms with Crippen LogP contribution < -0.4 is 0 Å². The number of nitrogens with zero attached hydrogens (tertiary/aromatic N) is 5. The summed E-state index contributed by atoms with van der Waals surface area (Å²) in [7, 11) is 1.88.